The zero-order chi connectivity index (χ0) is 13.3. The molecule has 0 aliphatic carbocycles. The van der Waals surface area contributed by atoms with Gasteiger partial charge in [-0.25, -0.2) is 14.1 Å². The highest BCUT2D eigenvalue weighted by atomic mass is 19.1. The number of aryl methyl sites for hydroxylation is 1. The summed E-state index contributed by atoms with van der Waals surface area (Å²) < 4.78 is 15.7. The second kappa shape index (κ2) is 4.86. The molecule has 0 bridgehead atoms. The third-order valence-corrected chi connectivity index (χ3v) is 3.17. The predicted octanol–water partition coefficient (Wildman–Crippen LogP) is 2.04. The maximum absolute atomic E-state index is 14.2. The van der Waals surface area contributed by atoms with Crippen LogP contribution < -0.4 is 5.73 Å². The Labute approximate surface area is 106 Å². The first-order chi connectivity index (χ1) is 8.60. The third-order valence-electron chi connectivity index (χ3n) is 3.17. The molecule has 0 atom stereocenters. The van der Waals surface area contributed by atoms with Crippen LogP contribution in [-0.4, -0.2) is 14.8 Å². The van der Waals surface area contributed by atoms with Gasteiger partial charge in [-0.2, -0.15) is 5.10 Å². The van der Waals surface area contributed by atoms with Crippen LogP contribution in [0.1, 0.15) is 29.4 Å². The van der Waals surface area contributed by atoms with E-state index in [1.807, 2.05) is 13.8 Å². The number of pyridine rings is 1. The van der Waals surface area contributed by atoms with E-state index in [0.717, 1.165) is 23.4 Å². The summed E-state index contributed by atoms with van der Waals surface area (Å²) in [6.45, 7) is 6.06. The van der Waals surface area contributed by atoms with Crippen molar-refractivity contribution in [2.75, 3.05) is 0 Å². The van der Waals surface area contributed by atoms with Crippen LogP contribution in [0.2, 0.25) is 0 Å². The van der Waals surface area contributed by atoms with Crippen molar-refractivity contribution in [3.63, 3.8) is 0 Å². The minimum atomic E-state index is -0.395. The van der Waals surface area contributed by atoms with Gasteiger partial charge in [-0.05, 0) is 31.9 Å². The van der Waals surface area contributed by atoms with E-state index in [1.165, 1.54) is 0 Å². The topological polar surface area (TPSA) is 56.7 Å². The van der Waals surface area contributed by atoms with Crippen molar-refractivity contribution in [1.82, 2.24) is 14.8 Å². The van der Waals surface area contributed by atoms with Crippen LogP contribution in [0.25, 0.3) is 5.82 Å². The lowest BCUT2D eigenvalue weighted by molar-refractivity contribution is 0.582. The zero-order valence-corrected chi connectivity index (χ0v) is 10.9. The van der Waals surface area contributed by atoms with Crippen molar-refractivity contribution in [2.45, 2.75) is 33.7 Å². The molecule has 0 unspecified atom stereocenters. The summed E-state index contributed by atoms with van der Waals surface area (Å²) in [6, 6.07) is 1.59. The fourth-order valence-electron chi connectivity index (χ4n) is 2.17. The molecule has 96 valence electrons. The van der Waals surface area contributed by atoms with Gasteiger partial charge < -0.3 is 5.73 Å². The van der Waals surface area contributed by atoms with Crippen LogP contribution in [0.5, 0.6) is 0 Å². The summed E-state index contributed by atoms with van der Waals surface area (Å²) in [4.78, 5) is 4.08. The van der Waals surface area contributed by atoms with E-state index in [-0.39, 0.29) is 12.4 Å². The molecule has 4 nitrogen and oxygen atoms in total. The predicted molar refractivity (Wildman–Crippen MR) is 68.1 cm³/mol. The van der Waals surface area contributed by atoms with Gasteiger partial charge in [0.25, 0.3) is 0 Å². The summed E-state index contributed by atoms with van der Waals surface area (Å²) in [5.41, 5.74) is 8.92. The molecule has 0 saturated heterocycles. The molecule has 0 aromatic carbocycles. The average Bonchev–Trinajstić information content (AvgIpc) is 2.64. The minimum absolute atomic E-state index is 0.154. The number of halogens is 1. The van der Waals surface area contributed by atoms with Crippen LogP contribution in [0.3, 0.4) is 0 Å². The number of nitrogens with two attached hydrogens (primary N) is 1. The Kier molecular flexibility index (Phi) is 3.43. The van der Waals surface area contributed by atoms with Gasteiger partial charge in [0.05, 0.1) is 5.69 Å². The Hall–Kier alpha value is -1.75. The molecular formula is C13H17FN4. The van der Waals surface area contributed by atoms with Crippen molar-refractivity contribution in [2.24, 2.45) is 5.73 Å². The molecule has 2 aromatic rings. The molecule has 0 radical (unpaired) electrons. The Morgan fingerprint density at radius 1 is 1.39 bits per heavy atom. The molecule has 2 heterocycles. The Bertz CT molecular complexity index is 575. The lowest BCUT2D eigenvalue weighted by atomic mass is 10.1. The number of rotatable bonds is 3. The third kappa shape index (κ3) is 1.90. The highest BCUT2D eigenvalue weighted by Gasteiger charge is 2.16. The summed E-state index contributed by atoms with van der Waals surface area (Å²) >= 11 is 0. The molecule has 0 fully saturated rings. The van der Waals surface area contributed by atoms with E-state index < -0.39 is 5.82 Å². The molecule has 0 aliphatic heterocycles. The van der Waals surface area contributed by atoms with Crippen LogP contribution in [0, 0.1) is 19.7 Å². The lowest BCUT2D eigenvalue weighted by Gasteiger charge is -2.07. The van der Waals surface area contributed by atoms with Gasteiger partial charge in [-0.3, -0.25) is 0 Å². The molecular weight excluding hydrogens is 231 g/mol. The number of hydrogen-bond acceptors (Lipinski definition) is 3. The zero-order valence-electron chi connectivity index (χ0n) is 10.9. The van der Waals surface area contributed by atoms with E-state index in [1.54, 1.807) is 16.9 Å². The van der Waals surface area contributed by atoms with Crippen molar-refractivity contribution in [3.8, 4) is 5.82 Å². The molecule has 2 rings (SSSR count). The van der Waals surface area contributed by atoms with Gasteiger partial charge in [-0.15, -0.1) is 0 Å². The fraction of sp³-hybridized carbons (Fsp3) is 0.385. The Morgan fingerprint density at radius 3 is 2.67 bits per heavy atom. The minimum Gasteiger partial charge on any atom is -0.326 e. The molecule has 0 amide bonds. The second-order valence-electron chi connectivity index (χ2n) is 4.23. The summed E-state index contributed by atoms with van der Waals surface area (Å²) in [5, 5.41) is 4.36. The quantitative estimate of drug-likeness (QED) is 0.904. The molecule has 2 N–H and O–H groups in total. The molecule has 0 saturated carbocycles. The van der Waals surface area contributed by atoms with Gasteiger partial charge in [0, 0.05) is 24.0 Å². The largest absolute Gasteiger partial charge is 0.326 e. The summed E-state index contributed by atoms with van der Waals surface area (Å²) in [5.74, 6) is -0.175. The first kappa shape index (κ1) is 12.7. The van der Waals surface area contributed by atoms with Gasteiger partial charge >= 0.3 is 0 Å². The highest BCUT2D eigenvalue weighted by Crippen LogP contribution is 2.20. The van der Waals surface area contributed by atoms with E-state index in [2.05, 4.69) is 17.0 Å². The van der Waals surface area contributed by atoms with E-state index >= 15 is 0 Å². The Morgan fingerprint density at radius 2 is 2.11 bits per heavy atom. The number of aromatic nitrogens is 3. The molecule has 18 heavy (non-hydrogen) atoms. The van der Waals surface area contributed by atoms with Crippen LogP contribution >= 0.6 is 0 Å². The van der Waals surface area contributed by atoms with Crippen molar-refractivity contribution in [1.29, 1.82) is 0 Å². The molecule has 0 aliphatic rings. The SMILES string of the molecule is CCc1c(C)nn(-c2nccc(CN)c2F)c1C. The van der Waals surface area contributed by atoms with E-state index in [9.17, 15) is 4.39 Å². The Balaban J connectivity index is 2.62. The van der Waals surface area contributed by atoms with Gasteiger partial charge in [-0.1, -0.05) is 6.92 Å². The second-order valence-corrected chi connectivity index (χ2v) is 4.23. The highest BCUT2D eigenvalue weighted by molar-refractivity contribution is 5.35. The number of nitrogens with zero attached hydrogens (tertiary/aromatic N) is 3. The maximum Gasteiger partial charge on any atom is 0.190 e. The standard InChI is InChI=1S/C13H17FN4/c1-4-11-8(2)17-18(9(11)3)13-12(14)10(7-15)5-6-16-13/h5-6H,4,7,15H2,1-3H3. The van der Waals surface area contributed by atoms with E-state index in [4.69, 9.17) is 5.73 Å². The fourth-order valence-corrected chi connectivity index (χ4v) is 2.17. The molecule has 2 aromatic heterocycles. The van der Waals surface area contributed by atoms with Crippen molar-refractivity contribution >= 4 is 0 Å². The van der Waals surface area contributed by atoms with Crippen LogP contribution in [0.15, 0.2) is 12.3 Å². The molecule has 5 heteroatoms. The van der Waals surface area contributed by atoms with Crippen LogP contribution in [0.4, 0.5) is 4.39 Å². The van der Waals surface area contributed by atoms with Crippen LogP contribution in [-0.2, 0) is 13.0 Å². The summed E-state index contributed by atoms with van der Waals surface area (Å²) in [6.07, 6.45) is 2.43. The maximum atomic E-state index is 14.2. The van der Waals surface area contributed by atoms with Gasteiger partial charge in [0.15, 0.2) is 11.6 Å². The van der Waals surface area contributed by atoms with Gasteiger partial charge in [0.2, 0.25) is 0 Å². The van der Waals surface area contributed by atoms with Crippen molar-refractivity contribution in [3.05, 3.63) is 40.6 Å². The summed E-state index contributed by atoms with van der Waals surface area (Å²) in [7, 11) is 0. The monoisotopic (exact) mass is 248 g/mol. The van der Waals surface area contributed by atoms with E-state index in [0.29, 0.717) is 5.56 Å². The van der Waals surface area contributed by atoms with Crippen molar-refractivity contribution < 1.29 is 4.39 Å². The normalized spacial score (nSPS) is 10.9. The molecule has 0 spiro atoms. The first-order valence-electron chi connectivity index (χ1n) is 5.99. The lowest BCUT2D eigenvalue weighted by Crippen LogP contribution is -2.09. The first-order valence-corrected chi connectivity index (χ1v) is 5.99. The number of hydrogen-bond donors (Lipinski definition) is 1. The van der Waals surface area contributed by atoms with Gasteiger partial charge in [0.1, 0.15) is 0 Å². The smallest absolute Gasteiger partial charge is 0.190 e. The average molecular weight is 248 g/mol.